The van der Waals surface area contributed by atoms with Crippen molar-refractivity contribution in [2.24, 2.45) is 4.40 Å². The molecule has 110 valence electrons. The third-order valence-corrected chi connectivity index (χ3v) is 5.23. The Labute approximate surface area is 117 Å². The van der Waals surface area contributed by atoms with Crippen molar-refractivity contribution in [3.8, 4) is 0 Å². The number of isocyanates is 1. The number of rotatable bonds is 6. The summed E-state index contributed by atoms with van der Waals surface area (Å²) in [4.78, 5) is 10.0. The highest BCUT2D eigenvalue weighted by atomic mass is 32.2. The smallest absolute Gasteiger partial charge is 0.224 e. The summed E-state index contributed by atoms with van der Waals surface area (Å²) in [5.74, 6) is -0.426. The number of carbonyl (C=O) groups excluding carboxylic acids is 1. The molecule has 0 bridgehead atoms. The van der Waals surface area contributed by atoms with Crippen molar-refractivity contribution in [2.45, 2.75) is 18.7 Å². The predicted molar refractivity (Wildman–Crippen MR) is 73.0 cm³/mol. The summed E-state index contributed by atoms with van der Waals surface area (Å²) in [5, 5.41) is 0. The molecule has 0 saturated heterocycles. The quantitative estimate of drug-likeness (QED) is 0.597. The average molecular weight is 318 g/mol. The van der Waals surface area contributed by atoms with Gasteiger partial charge in [0, 0.05) is 6.54 Å². The van der Waals surface area contributed by atoms with Gasteiger partial charge in [0.15, 0.2) is 9.84 Å². The van der Waals surface area contributed by atoms with E-state index in [4.69, 9.17) is 0 Å². The SMILES string of the molecule is Cc1ccc(S(=O)(=O)CCNS(=O)(=O)N=C=O)c(C)c1. The van der Waals surface area contributed by atoms with Crippen molar-refractivity contribution in [1.82, 2.24) is 4.72 Å². The zero-order valence-corrected chi connectivity index (χ0v) is 12.6. The average Bonchev–Trinajstić information content (AvgIpc) is 2.27. The fourth-order valence-electron chi connectivity index (χ4n) is 1.64. The maximum absolute atomic E-state index is 12.1. The van der Waals surface area contributed by atoms with Gasteiger partial charge in [0.25, 0.3) is 6.08 Å². The highest BCUT2D eigenvalue weighted by molar-refractivity contribution is 7.91. The molecule has 0 aliphatic heterocycles. The molecule has 0 aliphatic carbocycles. The van der Waals surface area contributed by atoms with E-state index in [-0.39, 0.29) is 11.4 Å². The molecule has 1 aromatic carbocycles. The van der Waals surface area contributed by atoms with Crippen LogP contribution in [0.2, 0.25) is 0 Å². The van der Waals surface area contributed by atoms with E-state index in [1.807, 2.05) is 11.6 Å². The Morgan fingerprint density at radius 3 is 2.40 bits per heavy atom. The van der Waals surface area contributed by atoms with E-state index in [9.17, 15) is 21.6 Å². The van der Waals surface area contributed by atoms with Crippen LogP contribution in [0.4, 0.5) is 0 Å². The number of nitrogens with one attached hydrogen (secondary N) is 1. The molecule has 0 amide bonds. The Morgan fingerprint density at radius 1 is 1.20 bits per heavy atom. The van der Waals surface area contributed by atoms with Gasteiger partial charge in [-0.2, -0.15) is 13.1 Å². The van der Waals surface area contributed by atoms with Gasteiger partial charge in [0.2, 0.25) is 0 Å². The van der Waals surface area contributed by atoms with Crippen LogP contribution in [0, 0.1) is 13.8 Å². The maximum atomic E-state index is 12.1. The number of hydrogen-bond acceptors (Lipinski definition) is 5. The van der Waals surface area contributed by atoms with Crippen LogP contribution in [0.15, 0.2) is 27.5 Å². The lowest BCUT2D eigenvalue weighted by atomic mass is 10.2. The molecule has 0 aliphatic rings. The fourth-order valence-corrected chi connectivity index (χ4v) is 3.71. The predicted octanol–water partition coefficient (Wildman–Crippen LogP) is 0.247. The Bertz CT molecular complexity index is 747. The first-order chi connectivity index (χ1) is 9.18. The monoisotopic (exact) mass is 318 g/mol. The van der Waals surface area contributed by atoms with Crippen molar-refractivity contribution >= 4 is 26.1 Å². The van der Waals surface area contributed by atoms with E-state index in [1.165, 1.54) is 6.07 Å². The van der Waals surface area contributed by atoms with Gasteiger partial charge >= 0.3 is 10.2 Å². The lowest BCUT2D eigenvalue weighted by molar-refractivity contribution is 0.562. The van der Waals surface area contributed by atoms with Crippen LogP contribution in [0.25, 0.3) is 0 Å². The molecule has 20 heavy (non-hydrogen) atoms. The second-order valence-electron chi connectivity index (χ2n) is 4.14. The summed E-state index contributed by atoms with van der Waals surface area (Å²) >= 11 is 0. The summed E-state index contributed by atoms with van der Waals surface area (Å²) in [7, 11) is -7.78. The molecule has 0 heterocycles. The fraction of sp³-hybridized carbons (Fsp3) is 0.364. The van der Waals surface area contributed by atoms with Crippen molar-refractivity contribution in [2.75, 3.05) is 12.3 Å². The maximum Gasteiger partial charge on any atom is 0.330 e. The lowest BCUT2D eigenvalue weighted by Gasteiger charge is -2.08. The van der Waals surface area contributed by atoms with Crippen LogP contribution >= 0.6 is 0 Å². The zero-order chi connectivity index (χ0) is 15.4. The van der Waals surface area contributed by atoms with E-state index in [0.717, 1.165) is 11.6 Å². The van der Waals surface area contributed by atoms with Gasteiger partial charge in [-0.05, 0) is 25.5 Å². The zero-order valence-electron chi connectivity index (χ0n) is 11.0. The Balaban J connectivity index is 2.84. The molecule has 1 rings (SSSR count). The Hall–Kier alpha value is -1.54. The van der Waals surface area contributed by atoms with E-state index in [2.05, 4.69) is 4.40 Å². The molecule has 7 nitrogen and oxygen atoms in total. The molecular formula is C11H14N2O5S2. The summed E-state index contributed by atoms with van der Waals surface area (Å²) in [6.07, 6.45) is 0.878. The van der Waals surface area contributed by atoms with Gasteiger partial charge in [0.1, 0.15) is 0 Å². The van der Waals surface area contributed by atoms with Crippen molar-refractivity contribution in [3.63, 3.8) is 0 Å². The van der Waals surface area contributed by atoms with Gasteiger partial charge in [-0.25, -0.2) is 13.2 Å². The third-order valence-electron chi connectivity index (χ3n) is 2.48. The second kappa shape index (κ2) is 6.27. The molecule has 0 spiro atoms. The van der Waals surface area contributed by atoms with Gasteiger partial charge in [-0.3, -0.25) is 0 Å². The first-order valence-electron chi connectivity index (χ1n) is 5.57. The molecule has 1 aromatic rings. The topological polar surface area (TPSA) is 110 Å². The van der Waals surface area contributed by atoms with Crippen LogP contribution in [0.3, 0.4) is 0 Å². The minimum Gasteiger partial charge on any atom is -0.224 e. The molecule has 0 saturated carbocycles. The van der Waals surface area contributed by atoms with E-state index < -0.39 is 25.8 Å². The molecule has 0 unspecified atom stereocenters. The van der Waals surface area contributed by atoms with Crippen LogP contribution < -0.4 is 4.72 Å². The van der Waals surface area contributed by atoms with Crippen LogP contribution in [-0.4, -0.2) is 35.2 Å². The van der Waals surface area contributed by atoms with E-state index >= 15 is 0 Å². The summed E-state index contributed by atoms with van der Waals surface area (Å²) in [6, 6.07) is 4.88. The largest absolute Gasteiger partial charge is 0.330 e. The van der Waals surface area contributed by atoms with Crippen LogP contribution in [0.5, 0.6) is 0 Å². The molecule has 0 aromatic heterocycles. The minimum atomic E-state index is -4.17. The minimum absolute atomic E-state index is 0.154. The van der Waals surface area contributed by atoms with E-state index in [0.29, 0.717) is 5.56 Å². The van der Waals surface area contributed by atoms with Crippen molar-refractivity contribution in [1.29, 1.82) is 0 Å². The number of hydrogen-bond donors (Lipinski definition) is 1. The molecule has 0 atom stereocenters. The highest BCUT2D eigenvalue weighted by Gasteiger charge is 2.18. The highest BCUT2D eigenvalue weighted by Crippen LogP contribution is 2.17. The van der Waals surface area contributed by atoms with Crippen molar-refractivity contribution in [3.05, 3.63) is 29.3 Å². The Kier molecular flexibility index (Phi) is 5.18. The van der Waals surface area contributed by atoms with E-state index in [1.54, 1.807) is 19.1 Å². The van der Waals surface area contributed by atoms with Gasteiger partial charge in [0.05, 0.1) is 10.6 Å². The first kappa shape index (κ1) is 16.5. The molecule has 0 fully saturated rings. The molecular weight excluding hydrogens is 304 g/mol. The molecule has 1 N–H and O–H groups in total. The van der Waals surface area contributed by atoms with Crippen LogP contribution in [-0.2, 0) is 24.8 Å². The second-order valence-corrected chi connectivity index (χ2v) is 7.64. The van der Waals surface area contributed by atoms with Gasteiger partial charge < -0.3 is 0 Å². The summed E-state index contributed by atoms with van der Waals surface area (Å²) < 4.78 is 50.6. The third kappa shape index (κ3) is 4.53. The Morgan fingerprint density at radius 2 is 1.85 bits per heavy atom. The van der Waals surface area contributed by atoms with Gasteiger partial charge in [-0.1, -0.05) is 22.1 Å². The standard InChI is InChI=1S/C11H14N2O5S2/c1-9-3-4-11(10(2)7-9)19(15,16)6-5-12-20(17,18)13-8-14/h3-4,7,12H,5-6H2,1-2H3. The first-order valence-corrected chi connectivity index (χ1v) is 8.66. The summed E-state index contributed by atoms with van der Waals surface area (Å²) in [6.45, 7) is 3.14. The summed E-state index contributed by atoms with van der Waals surface area (Å²) in [5.41, 5.74) is 1.53. The molecule has 9 heteroatoms. The van der Waals surface area contributed by atoms with Gasteiger partial charge in [-0.15, -0.1) is 0 Å². The normalized spacial score (nSPS) is 11.9. The number of sulfone groups is 1. The van der Waals surface area contributed by atoms with Crippen LogP contribution in [0.1, 0.15) is 11.1 Å². The number of benzene rings is 1. The lowest BCUT2D eigenvalue weighted by Crippen LogP contribution is -2.27. The van der Waals surface area contributed by atoms with Crippen molar-refractivity contribution < 1.29 is 21.6 Å². The number of aryl methyl sites for hydroxylation is 2. The molecule has 0 radical (unpaired) electrons. The number of nitrogens with zero attached hydrogens (tertiary/aromatic N) is 1.